The Morgan fingerprint density at radius 2 is 1.84 bits per heavy atom. The van der Waals surface area contributed by atoms with E-state index in [0.29, 0.717) is 11.3 Å². The quantitative estimate of drug-likeness (QED) is 0.571. The average molecular weight is 351 g/mol. The molecule has 0 fully saturated rings. The molecule has 0 aliphatic heterocycles. The zero-order valence-corrected chi connectivity index (χ0v) is 13.3. The topological polar surface area (TPSA) is 73.7 Å². The van der Waals surface area contributed by atoms with Gasteiger partial charge in [0, 0.05) is 5.69 Å². The van der Waals surface area contributed by atoms with Crippen LogP contribution < -0.4 is 10.7 Å². The maximum atomic E-state index is 12.6. The van der Waals surface area contributed by atoms with Gasteiger partial charge in [-0.15, -0.1) is 0 Å². The fourth-order valence-corrected chi connectivity index (χ4v) is 1.94. The third-order valence-electron chi connectivity index (χ3n) is 3.28. The lowest BCUT2D eigenvalue weighted by atomic mass is 10.1. The Kier molecular flexibility index (Phi) is 5.63. The van der Waals surface area contributed by atoms with E-state index in [9.17, 15) is 23.1 Å². The molecule has 0 bridgehead atoms. The Morgan fingerprint density at radius 1 is 1.16 bits per heavy atom. The van der Waals surface area contributed by atoms with Crippen LogP contribution in [-0.2, 0) is 11.0 Å². The molecule has 0 spiro atoms. The normalized spacial score (nSPS) is 11.9. The van der Waals surface area contributed by atoms with Crippen molar-refractivity contribution in [3.8, 4) is 5.75 Å². The molecule has 8 heteroatoms. The fraction of sp³-hybridized carbons (Fsp3) is 0.176. The molecular weight excluding hydrogens is 335 g/mol. The summed E-state index contributed by atoms with van der Waals surface area (Å²) >= 11 is 0. The van der Waals surface area contributed by atoms with Crippen molar-refractivity contribution < 1.29 is 23.1 Å². The van der Waals surface area contributed by atoms with Crippen molar-refractivity contribution >= 4 is 17.3 Å². The van der Waals surface area contributed by atoms with Crippen LogP contribution in [0.1, 0.15) is 18.1 Å². The number of benzene rings is 2. The minimum Gasteiger partial charge on any atom is -0.508 e. The number of hydrogen-bond acceptors (Lipinski definition) is 4. The molecule has 132 valence electrons. The van der Waals surface area contributed by atoms with Crippen LogP contribution in [0.2, 0.25) is 0 Å². The van der Waals surface area contributed by atoms with E-state index in [0.717, 1.165) is 12.1 Å². The summed E-state index contributed by atoms with van der Waals surface area (Å²) in [5, 5.41) is 15.7. The molecule has 0 aromatic heterocycles. The molecule has 0 atom stereocenters. The highest BCUT2D eigenvalue weighted by molar-refractivity contribution is 5.99. The van der Waals surface area contributed by atoms with E-state index in [1.54, 1.807) is 19.1 Å². The van der Waals surface area contributed by atoms with Gasteiger partial charge in [-0.25, -0.2) is 5.43 Å². The molecule has 0 saturated carbocycles. The first-order valence-corrected chi connectivity index (χ1v) is 7.29. The molecule has 25 heavy (non-hydrogen) atoms. The number of carbonyl (C=O) groups excluding carboxylic acids is 1. The largest absolute Gasteiger partial charge is 0.508 e. The molecule has 2 aromatic carbocycles. The predicted octanol–water partition coefficient (Wildman–Crippen LogP) is 3.36. The van der Waals surface area contributed by atoms with Crippen LogP contribution in [0.3, 0.4) is 0 Å². The number of hydrazone groups is 1. The first-order valence-electron chi connectivity index (χ1n) is 7.29. The molecule has 0 radical (unpaired) electrons. The smallest absolute Gasteiger partial charge is 0.416 e. The van der Waals surface area contributed by atoms with Gasteiger partial charge in [0.2, 0.25) is 0 Å². The molecule has 0 saturated heterocycles. The predicted molar refractivity (Wildman–Crippen MR) is 88.4 cm³/mol. The lowest BCUT2D eigenvalue weighted by Crippen LogP contribution is -2.26. The van der Waals surface area contributed by atoms with E-state index in [1.165, 1.54) is 24.3 Å². The molecular formula is C17H16F3N3O2. The van der Waals surface area contributed by atoms with Gasteiger partial charge in [-0.05, 0) is 55.0 Å². The van der Waals surface area contributed by atoms with Gasteiger partial charge < -0.3 is 10.4 Å². The van der Waals surface area contributed by atoms with Crippen LogP contribution in [0.5, 0.6) is 5.75 Å². The molecule has 2 aromatic rings. The highest BCUT2D eigenvalue weighted by atomic mass is 19.4. The number of rotatable bonds is 5. The van der Waals surface area contributed by atoms with Gasteiger partial charge in [0.1, 0.15) is 5.75 Å². The fourth-order valence-electron chi connectivity index (χ4n) is 1.94. The van der Waals surface area contributed by atoms with Crippen molar-refractivity contribution in [1.82, 2.24) is 5.43 Å². The van der Waals surface area contributed by atoms with Gasteiger partial charge in [-0.2, -0.15) is 18.3 Å². The van der Waals surface area contributed by atoms with E-state index in [4.69, 9.17) is 0 Å². The van der Waals surface area contributed by atoms with Crippen molar-refractivity contribution in [2.75, 3.05) is 11.9 Å². The minimum atomic E-state index is -4.44. The molecule has 2 rings (SSSR count). The Morgan fingerprint density at radius 3 is 2.48 bits per heavy atom. The van der Waals surface area contributed by atoms with E-state index in [1.807, 2.05) is 0 Å². The summed E-state index contributed by atoms with van der Waals surface area (Å²) in [7, 11) is 0. The van der Waals surface area contributed by atoms with Gasteiger partial charge in [-0.1, -0.05) is 6.07 Å². The first-order chi connectivity index (χ1) is 11.8. The lowest BCUT2D eigenvalue weighted by Gasteiger charge is -2.10. The number of nitrogens with zero attached hydrogens (tertiary/aromatic N) is 1. The Balaban J connectivity index is 1.90. The van der Waals surface area contributed by atoms with Gasteiger partial charge in [0.25, 0.3) is 5.91 Å². The maximum absolute atomic E-state index is 12.6. The number of anilines is 1. The highest BCUT2D eigenvalue weighted by Crippen LogP contribution is 2.30. The van der Waals surface area contributed by atoms with Gasteiger partial charge in [0.05, 0.1) is 17.8 Å². The number of alkyl halides is 3. The number of carbonyl (C=O) groups is 1. The third-order valence-corrected chi connectivity index (χ3v) is 3.28. The van der Waals surface area contributed by atoms with Crippen molar-refractivity contribution in [2.24, 2.45) is 5.10 Å². The van der Waals surface area contributed by atoms with Crippen molar-refractivity contribution in [1.29, 1.82) is 0 Å². The number of phenols is 1. The number of phenolic OH excluding ortho intramolecular Hbond substituents is 1. The van der Waals surface area contributed by atoms with Crippen LogP contribution >= 0.6 is 0 Å². The number of amides is 1. The van der Waals surface area contributed by atoms with Gasteiger partial charge >= 0.3 is 6.18 Å². The molecule has 1 amide bonds. The first kappa shape index (κ1) is 18.3. The SMILES string of the molecule is C/C(=N\NC(=O)CNc1cccc(C(F)(F)F)c1)c1ccc(O)cc1. The molecule has 5 nitrogen and oxygen atoms in total. The lowest BCUT2D eigenvalue weighted by molar-refractivity contribution is -0.137. The highest BCUT2D eigenvalue weighted by Gasteiger charge is 2.30. The second-order valence-corrected chi connectivity index (χ2v) is 5.21. The summed E-state index contributed by atoms with van der Waals surface area (Å²) < 4.78 is 37.9. The summed E-state index contributed by atoms with van der Waals surface area (Å²) in [5.41, 5.74) is 2.94. The van der Waals surface area contributed by atoms with Crippen LogP contribution in [0.25, 0.3) is 0 Å². The van der Waals surface area contributed by atoms with Crippen LogP contribution in [0, 0.1) is 0 Å². The zero-order valence-electron chi connectivity index (χ0n) is 13.3. The summed E-state index contributed by atoms with van der Waals surface area (Å²) in [4.78, 5) is 11.7. The van der Waals surface area contributed by atoms with Crippen molar-refractivity contribution in [2.45, 2.75) is 13.1 Å². The van der Waals surface area contributed by atoms with Gasteiger partial charge in [-0.3, -0.25) is 4.79 Å². The zero-order chi connectivity index (χ0) is 18.4. The second kappa shape index (κ2) is 7.69. The molecule has 0 unspecified atom stereocenters. The number of nitrogens with one attached hydrogen (secondary N) is 2. The second-order valence-electron chi connectivity index (χ2n) is 5.21. The molecule has 0 heterocycles. The summed E-state index contributed by atoms with van der Waals surface area (Å²) in [6.45, 7) is 1.45. The van der Waals surface area contributed by atoms with E-state index >= 15 is 0 Å². The summed E-state index contributed by atoms with van der Waals surface area (Å²) in [6.07, 6.45) is -4.44. The minimum absolute atomic E-state index is 0.117. The number of halogens is 3. The molecule has 0 aliphatic rings. The van der Waals surface area contributed by atoms with Gasteiger partial charge in [0.15, 0.2) is 0 Å². The molecule has 0 aliphatic carbocycles. The Labute approximate surface area is 142 Å². The van der Waals surface area contributed by atoms with Crippen molar-refractivity contribution in [3.63, 3.8) is 0 Å². The number of hydrogen-bond donors (Lipinski definition) is 3. The van der Waals surface area contributed by atoms with Crippen LogP contribution in [0.15, 0.2) is 53.6 Å². The summed E-state index contributed by atoms with van der Waals surface area (Å²) in [5.74, 6) is -0.388. The monoisotopic (exact) mass is 351 g/mol. The maximum Gasteiger partial charge on any atom is 0.416 e. The van der Waals surface area contributed by atoms with E-state index in [-0.39, 0.29) is 18.0 Å². The number of aromatic hydroxyl groups is 1. The average Bonchev–Trinajstić information content (AvgIpc) is 2.58. The Hall–Kier alpha value is -3.03. The Bertz CT molecular complexity index is 771. The molecule has 3 N–H and O–H groups in total. The third kappa shape index (κ3) is 5.52. The van der Waals surface area contributed by atoms with Crippen molar-refractivity contribution in [3.05, 3.63) is 59.7 Å². The standard InChI is InChI=1S/C17H16F3N3O2/c1-11(12-5-7-15(24)8-6-12)22-23-16(25)10-21-14-4-2-3-13(9-14)17(18,19)20/h2-9,21,24H,10H2,1H3,(H,23,25)/b22-11+. The van der Waals surface area contributed by atoms with Crippen LogP contribution in [0.4, 0.5) is 18.9 Å². The van der Waals surface area contributed by atoms with E-state index in [2.05, 4.69) is 15.8 Å². The van der Waals surface area contributed by atoms with E-state index < -0.39 is 17.6 Å². The summed E-state index contributed by atoms with van der Waals surface area (Å²) in [6, 6.07) is 10.8. The van der Waals surface area contributed by atoms with Crippen LogP contribution in [-0.4, -0.2) is 23.3 Å².